The average molecular weight is 440 g/mol. The number of benzene rings is 2. The van der Waals surface area contributed by atoms with Crippen molar-refractivity contribution in [2.75, 3.05) is 10.6 Å². The number of hydrogen-bond acceptors (Lipinski definition) is 4. The summed E-state index contributed by atoms with van der Waals surface area (Å²) in [6.45, 7) is 7.35. The minimum atomic E-state index is -0.251. The van der Waals surface area contributed by atoms with Crippen molar-refractivity contribution in [1.82, 2.24) is 14.8 Å². The number of carbonyl (C=O) groups is 2. The van der Waals surface area contributed by atoms with E-state index in [-0.39, 0.29) is 11.8 Å². The SMILES string of the molecule is CC(=O)Nc1c(-c2ccc(C)cc2)c(C)nn1-c1ccc(C(=O)Nc2cc(C)ccn2)cc1. The van der Waals surface area contributed by atoms with Gasteiger partial charge in [0.15, 0.2) is 0 Å². The zero-order chi connectivity index (χ0) is 23.5. The molecule has 0 aliphatic carbocycles. The molecule has 7 heteroatoms. The number of aryl methyl sites for hydroxylation is 3. The monoisotopic (exact) mass is 439 g/mol. The number of carbonyl (C=O) groups excluding carboxylic acids is 2. The zero-order valence-electron chi connectivity index (χ0n) is 19.0. The summed E-state index contributed by atoms with van der Waals surface area (Å²) in [6.07, 6.45) is 1.66. The summed E-state index contributed by atoms with van der Waals surface area (Å²) in [5.74, 6) is 0.650. The molecule has 2 N–H and O–H groups in total. The van der Waals surface area contributed by atoms with Gasteiger partial charge in [-0.05, 0) is 68.3 Å². The van der Waals surface area contributed by atoms with Crippen LogP contribution in [0.1, 0.15) is 34.1 Å². The first-order valence-corrected chi connectivity index (χ1v) is 10.6. The molecule has 0 aliphatic rings. The maximum atomic E-state index is 12.6. The van der Waals surface area contributed by atoms with Crippen LogP contribution in [0.4, 0.5) is 11.6 Å². The van der Waals surface area contributed by atoms with E-state index in [4.69, 9.17) is 0 Å². The highest BCUT2D eigenvalue weighted by atomic mass is 16.2. The Morgan fingerprint density at radius 1 is 0.848 bits per heavy atom. The van der Waals surface area contributed by atoms with Crippen molar-refractivity contribution in [3.05, 3.63) is 89.2 Å². The Kier molecular flexibility index (Phi) is 6.04. The second kappa shape index (κ2) is 9.08. The molecule has 0 spiro atoms. The van der Waals surface area contributed by atoms with Crippen LogP contribution in [0, 0.1) is 20.8 Å². The molecule has 7 nitrogen and oxygen atoms in total. The Balaban J connectivity index is 1.67. The standard InChI is InChI=1S/C26H25N5O2/c1-16-5-7-20(8-6-16)24-18(3)30-31(25(24)28-19(4)32)22-11-9-21(10-12-22)26(33)29-23-15-17(2)13-14-27-23/h5-15H,1-4H3,(H,28,32)(H,27,29,33). The number of rotatable bonds is 5. The van der Waals surface area contributed by atoms with E-state index in [1.165, 1.54) is 6.92 Å². The highest BCUT2D eigenvalue weighted by molar-refractivity contribution is 6.04. The fraction of sp³-hybridized carbons (Fsp3) is 0.154. The van der Waals surface area contributed by atoms with E-state index >= 15 is 0 Å². The molecule has 0 bridgehead atoms. The van der Waals surface area contributed by atoms with Crippen LogP contribution in [0.15, 0.2) is 66.9 Å². The average Bonchev–Trinajstić information content (AvgIpc) is 3.09. The fourth-order valence-corrected chi connectivity index (χ4v) is 3.61. The van der Waals surface area contributed by atoms with Crippen LogP contribution >= 0.6 is 0 Å². The van der Waals surface area contributed by atoms with Gasteiger partial charge in [0, 0.05) is 24.2 Å². The van der Waals surface area contributed by atoms with Gasteiger partial charge in [-0.25, -0.2) is 9.67 Å². The third kappa shape index (κ3) is 4.82. The normalized spacial score (nSPS) is 10.7. The van der Waals surface area contributed by atoms with Crippen LogP contribution in [-0.2, 0) is 4.79 Å². The highest BCUT2D eigenvalue weighted by Gasteiger charge is 2.19. The number of nitrogens with one attached hydrogen (secondary N) is 2. The van der Waals surface area contributed by atoms with Crippen LogP contribution in [0.3, 0.4) is 0 Å². The van der Waals surface area contributed by atoms with E-state index in [2.05, 4.69) is 20.7 Å². The number of nitrogens with zero attached hydrogens (tertiary/aromatic N) is 3. The summed E-state index contributed by atoms with van der Waals surface area (Å²) < 4.78 is 1.69. The Morgan fingerprint density at radius 2 is 1.55 bits per heavy atom. The molecule has 2 aromatic carbocycles. The van der Waals surface area contributed by atoms with Gasteiger partial charge < -0.3 is 10.6 Å². The molecule has 2 heterocycles. The Bertz CT molecular complexity index is 1320. The van der Waals surface area contributed by atoms with E-state index in [1.807, 2.05) is 57.2 Å². The number of aromatic nitrogens is 3. The predicted molar refractivity (Wildman–Crippen MR) is 130 cm³/mol. The minimum Gasteiger partial charge on any atom is -0.310 e. The van der Waals surface area contributed by atoms with E-state index in [1.54, 1.807) is 35.1 Å². The minimum absolute atomic E-state index is 0.189. The number of amides is 2. The topological polar surface area (TPSA) is 88.9 Å². The molecule has 0 atom stereocenters. The quantitative estimate of drug-likeness (QED) is 0.454. The van der Waals surface area contributed by atoms with Crippen molar-refractivity contribution in [3.63, 3.8) is 0 Å². The fourth-order valence-electron chi connectivity index (χ4n) is 3.61. The van der Waals surface area contributed by atoms with Gasteiger partial charge in [-0.1, -0.05) is 29.8 Å². The van der Waals surface area contributed by atoms with Gasteiger partial charge in [-0.15, -0.1) is 0 Å². The van der Waals surface area contributed by atoms with Gasteiger partial charge in [0.05, 0.1) is 11.4 Å². The first-order valence-electron chi connectivity index (χ1n) is 10.6. The maximum absolute atomic E-state index is 12.6. The maximum Gasteiger partial charge on any atom is 0.256 e. The zero-order valence-corrected chi connectivity index (χ0v) is 19.0. The lowest BCUT2D eigenvalue weighted by molar-refractivity contribution is -0.114. The Hall–Kier alpha value is -4.26. The highest BCUT2D eigenvalue weighted by Crippen LogP contribution is 2.33. The summed E-state index contributed by atoms with van der Waals surface area (Å²) in [5.41, 5.74) is 6.00. The molecule has 0 saturated heterocycles. The molecule has 2 amide bonds. The molecule has 0 radical (unpaired) electrons. The number of pyridine rings is 1. The first-order chi connectivity index (χ1) is 15.8. The van der Waals surface area contributed by atoms with Crippen molar-refractivity contribution < 1.29 is 9.59 Å². The third-order valence-corrected chi connectivity index (χ3v) is 5.23. The Labute approximate surface area is 192 Å². The van der Waals surface area contributed by atoms with E-state index in [0.717, 1.165) is 33.6 Å². The second-order valence-electron chi connectivity index (χ2n) is 7.99. The van der Waals surface area contributed by atoms with E-state index < -0.39 is 0 Å². The van der Waals surface area contributed by atoms with Crippen LogP contribution in [0.2, 0.25) is 0 Å². The molecule has 0 unspecified atom stereocenters. The molecule has 4 aromatic rings. The molecule has 2 aromatic heterocycles. The summed E-state index contributed by atoms with van der Waals surface area (Å²) in [6, 6.07) is 18.8. The van der Waals surface area contributed by atoms with Gasteiger partial charge >= 0.3 is 0 Å². The lowest BCUT2D eigenvalue weighted by atomic mass is 10.0. The molecule has 33 heavy (non-hydrogen) atoms. The van der Waals surface area contributed by atoms with Crippen LogP contribution in [0.5, 0.6) is 0 Å². The molecule has 166 valence electrons. The van der Waals surface area contributed by atoms with Gasteiger partial charge in [-0.2, -0.15) is 5.10 Å². The molecule has 4 rings (SSSR count). The third-order valence-electron chi connectivity index (χ3n) is 5.23. The van der Waals surface area contributed by atoms with Crippen molar-refractivity contribution in [2.45, 2.75) is 27.7 Å². The molecule has 0 aliphatic heterocycles. The lowest BCUT2D eigenvalue weighted by Gasteiger charge is -2.11. The van der Waals surface area contributed by atoms with Crippen molar-refractivity contribution in [2.24, 2.45) is 0 Å². The van der Waals surface area contributed by atoms with Crippen LogP contribution in [0.25, 0.3) is 16.8 Å². The molecular formula is C26H25N5O2. The van der Waals surface area contributed by atoms with Gasteiger partial charge in [0.1, 0.15) is 11.6 Å². The predicted octanol–water partition coefficient (Wildman–Crippen LogP) is 5.07. The second-order valence-corrected chi connectivity index (χ2v) is 7.99. The molecular weight excluding hydrogens is 414 g/mol. The smallest absolute Gasteiger partial charge is 0.256 e. The summed E-state index contributed by atoms with van der Waals surface area (Å²) >= 11 is 0. The largest absolute Gasteiger partial charge is 0.310 e. The number of hydrogen-bond donors (Lipinski definition) is 2. The van der Waals surface area contributed by atoms with Crippen molar-refractivity contribution >= 4 is 23.5 Å². The first kappa shape index (κ1) is 22.0. The van der Waals surface area contributed by atoms with Gasteiger partial charge in [0.25, 0.3) is 5.91 Å². The van der Waals surface area contributed by atoms with Gasteiger partial charge in [-0.3, -0.25) is 9.59 Å². The van der Waals surface area contributed by atoms with E-state index in [0.29, 0.717) is 17.2 Å². The van der Waals surface area contributed by atoms with E-state index in [9.17, 15) is 9.59 Å². The van der Waals surface area contributed by atoms with Crippen LogP contribution in [-0.4, -0.2) is 26.6 Å². The molecule has 0 saturated carbocycles. The summed E-state index contributed by atoms with van der Waals surface area (Å²) in [4.78, 5) is 28.8. The number of anilines is 2. The van der Waals surface area contributed by atoms with Crippen molar-refractivity contribution in [1.29, 1.82) is 0 Å². The molecule has 0 fully saturated rings. The van der Waals surface area contributed by atoms with Crippen molar-refractivity contribution in [3.8, 4) is 16.8 Å². The summed E-state index contributed by atoms with van der Waals surface area (Å²) in [7, 11) is 0. The lowest BCUT2D eigenvalue weighted by Crippen LogP contribution is -2.14. The van der Waals surface area contributed by atoms with Crippen LogP contribution < -0.4 is 10.6 Å². The Morgan fingerprint density at radius 3 is 2.18 bits per heavy atom. The summed E-state index contributed by atoms with van der Waals surface area (Å²) in [5, 5.41) is 10.4. The van der Waals surface area contributed by atoms with Gasteiger partial charge in [0.2, 0.25) is 5.91 Å².